The van der Waals surface area contributed by atoms with Crippen molar-refractivity contribution in [3.05, 3.63) is 23.8 Å². The van der Waals surface area contributed by atoms with Crippen LogP contribution in [0.15, 0.2) is 18.2 Å². The molecule has 0 saturated heterocycles. The number of carbonyl (C=O) groups excluding carboxylic acids is 1. The van der Waals surface area contributed by atoms with E-state index in [1.165, 1.54) is 6.07 Å². The molecule has 1 rings (SSSR count). The third-order valence-electron chi connectivity index (χ3n) is 2.25. The molecule has 0 aliphatic carbocycles. The molecule has 1 aromatic rings. The fourth-order valence-electron chi connectivity index (χ4n) is 1.19. The first-order valence-electron chi connectivity index (χ1n) is 5.33. The Kier molecular flexibility index (Phi) is 3.93. The van der Waals surface area contributed by atoms with Gasteiger partial charge in [0.25, 0.3) is 0 Å². The molecule has 0 aromatic heterocycles. The Morgan fingerprint density at radius 1 is 1.38 bits per heavy atom. The summed E-state index contributed by atoms with van der Waals surface area (Å²) in [5.74, 6) is 0.599. The number of phenols is 1. The number of aromatic hydroxyl groups is 1. The van der Waals surface area contributed by atoms with Crippen molar-refractivity contribution in [1.82, 2.24) is 0 Å². The van der Waals surface area contributed by atoms with Gasteiger partial charge in [-0.2, -0.15) is 0 Å². The van der Waals surface area contributed by atoms with Crippen LogP contribution >= 0.6 is 0 Å². The molecule has 88 valence electrons. The number of hydrogen-bond acceptors (Lipinski definition) is 3. The van der Waals surface area contributed by atoms with Crippen LogP contribution in [0.4, 0.5) is 0 Å². The van der Waals surface area contributed by atoms with Crippen LogP contribution in [0.2, 0.25) is 0 Å². The maximum Gasteiger partial charge on any atom is 0.153 e. The first-order valence-corrected chi connectivity index (χ1v) is 5.33. The van der Waals surface area contributed by atoms with E-state index in [0.29, 0.717) is 18.6 Å². The topological polar surface area (TPSA) is 46.5 Å². The van der Waals surface area contributed by atoms with Crippen LogP contribution in [0, 0.1) is 5.41 Å². The molecule has 0 amide bonds. The van der Waals surface area contributed by atoms with Crippen LogP contribution in [0.5, 0.6) is 11.5 Å². The minimum Gasteiger partial charge on any atom is -0.507 e. The third kappa shape index (κ3) is 3.93. The summed E-state index contributed by atoms with van der Waals surface area (Å²) in [4.78, 5) is 10.6. The smallest absolute Gasteiger partial charge is 0.153 e. The highest BCUT2D eigenvalue weighted by Gasteiger charge is 2.10. The predicted octanol–water partition coefficient (Wildman–Crippen LogP) is 3.02. The second-order valence-corrected chi connectivity index (χ2v) is 5.00. The van der Waals surface area contributed by atoms with Gasteiger partial charge in [0.2, 0.25) is 0 Å². The minimum atomic E-state index is -0.0156. The summed E-state index contributed by atoms with van der Waals surface area (Å²) in [6, 6.07) is 4.67. The zero-order valence-electron chi connectivity index (χ0n) is 9.99. The van der Waals surface area contributed by atoms with Crippen LogP contribution in [0.1, 0.15) is 37.6 Å². The summed E-state index contributed by atoms with van der Waals surface area (Å²) in [7, 11) is 0. The number of phenolic OH excluding ortho intramolecular Hbond substituents is 1. The number of rotatable bonds is 4. The number of aldehydes is 1. The van der Waals surface area contributed by atoms with Gasteiger partial charge in [-0.1, -0.05) is 20.8 Å². The van der Waals surface area contributed by atoms with Gasteiger partial charge in [-0.25, -0.2) is 0 Å². The average molecular weight is 222 g/mol. The summed E-state index contributed by atoms with van der Waals surface area (Å²) < 4.78 is 5.51. The maximum absolute atomic E-state index is 10.6. The molecule has 0 heterocycles. The lowest BCUT2D eigenvalue weighted by Crippen LogP contribution is -2.11. The highest BCUT2D eigenvalue weighted by molar-refractivity contribution is 5.79. The van der Waals surface area contributed by atoms with Gasteiger partial charge in [-0.05, 0) is 30.0 Å². The fraction of sp³-hybridized carbons (Fsp3) is 0.462. The Morgan fingerprint density at radius 3 is 2.62 bits per heavy atom. The molecule has 0 aliphatic rings. The summed E-state index contributed by atoms with van der Waals surface area (Å²) in [5.41, 5.74) is 0.484. The molecule has 3 nitrogen and oxygen atoms in total. The Labute approximate surface area is 96.1 Å². The van der Waals surface area contributed by atoms with Crippen molar-refractivity contribution in [3.8, 4) is 11.5 Å². The van der Waals surface area contributed by atoms with Crippen molar-refractivity contribution in [2.75, 3.05) is 6.61 Å². The Morgan fingerprint density at radius 2 is 2.06 bits per heavy atom. The van der Waals surface area contributed by atoms with Gasteiger partial charge in [0.15, 0.2) is 6.29 Å². The van der Waals surface area contributed by atoms with Crippen LogP contribution in [-0.2, 0) is 0 Å². The Bertz CT molecular complexity index is 364. The summed E-state index contributed by atoms with van der Waals surface area (Å²) in [5, 5.41) is 9.30. The highest BCUT2D eigenvalue weighted by Crippen LogP contribution is 2.23. The van der Waals surface area contributed by atoms with Crippen molar-refractivity contribution in [1.29, 1.82) is 0 Å². The lowest BCUT2D eigenvalue weighted by molar-refractivity contribution is 0.112. The monoisotopic (exact) mass is 222 g/mol. The molecule has 16 heavy (non-hydrogen) atoms. The van der Waals surface area contributed by atoms with Crippen molar-refractivity contribution >= 4 is 6.29 Å². The van der Waals surface area contributed by atoms with Gasteiger partial charge in [0.1, 0.15) is 11.5 Å². The van der Waals surface area contributed by atoms with E-state index in [-0.39, 0.29) is 16.7 Å². The molecular weight excluding hydrogens is 204 g/mol. The maximum atomic E-state index is 10.6. The van der Waals surface area contributed by atoms with E-state index in [9.17, 15) is 9.90 Å². The van der Waals surface area contributed by atoms with E-state index in [4.69, 9.17) is 4.74 Å². The van der Waals surface area contributed by atoms with E-state index in [1.54, 1.807) is 12.1 Å². The number of hydrogen-bond donors (Lipinski definition) is 1. The molecule has 0 spiro atoms. The quantitative estimate of drug-likeness (QED) is 0.796. The lowest BCUT2D eigenvalue weighted by atomic mass is 9.93. The molecule has 0 fully saturated rings. The summed E-state index contributed by atoms with van der Waals surface area (Å²) in [6.45, 7) is 7.03. The molecule has 0 saturated carbocycles. The SMILES string of the molecule is CC(C)(C)CCOc1ccc(O)c(C=O)c1. The largest absolute Gasteiger partial charge is 0.507 e. The second kappa shape index (κ2) is 5.01. The molecular formula is C13H18O3. The van der Waals surface area contributed by atoms with Crippen molar-refractivity contribution in [2.24, 2.45) is 5.41 Å². The normalized spacial score (nSPS) is 11.2. The molecule has 0 bridgehead atoms. The molecule has 0 atom stereocenters. The van der Waals surface area contributed by atoms with Crippen LogP contribution in [0.25, 0.3) is 0 Å². The minimum absolute atomic E-state index is 0.0156. The van der Waals surface area contributed by atoms with Gasteiger partial charge >= 0.3 is 0 Å². The van der Waals surface area contributed by atoms with Crippen molar-refractivity contribution in [2.45, 2.75) is 27.2 Å². The molecule has 1 N–H and O–H groups in total. The molecule has 0 aliphatic heterocycles. The van der Waals surface area contributed by atoms with Crippen LogP contribution < -0.4 is 4.74 Å². The Balaban J connectivity index is 2.58. The fourth-order valence-corrected chi connectivity index (χ4v) is 1.19. The number of ether oxygens (including phenoxy) is 1. The predicted molar refractivity (Wildman–Crippen MR) is 63.1 cm³/mol. The first kappa shape index (κ1) is 12.6. The van der Waals surface area contributed by atoms with Crippen molar-refractivity contribution in [3.63, 3.8) is 0 Å². The van der Waals surface area contributed by atoms with E-state index < -0.39 is 0 Å². The molecule has 0 unspecified atom stereocenters. The van der Waals surface area contributed by atoms with E-state index in [0.717, 1.165) is 6.42 Å². The standard InChI is InChI=1S/C13H18O3/c1-13(2,3)6-7-16-11-4-5-12(15)10(8-11)9-14/h4-5,8-9,15H,6-7H2,1-3H3. The van der Waals surface area contributed by atoms with Gasteiger partial charge in [-0.15, -0.1) is 0 Å². The molecule has 3 heteroatoms. The van der Waals surface area contributed by atoms with Gasteiger partial charge in [0.05, 0.1) is 12.2 Å². The lowest BCUT2D eigenvalue weighted by Gasteiger charge is -2.18. The molecule has 0 radical (unpaired) electrons. The van der Waals surface area contributed by atoms with Gasteiger partial charge < -0.3 is 9.84 Å². The van der Waals surface area contributed by atoms with Crippen LogP contribution in [0.3, 0.4) is 0 Å². The van der Waals surface area contributed by atoms with Crippen LogP contribution in [-0.4, -0.2) is 18.0 Å². The number of benzene rings is 1. The highest BCUT2D eigenvalue weighted by atomic mass is 16.5. The van der Waals surface area contributed by atoms with E-state index in [2.05, 4.69) is 20.8 Å². The third-order valence-corrected chi connectivity index (χ3v) is 2.25. The zero-order valence-corrected chi connectivity index (χ0v) is 9.99. The van der Waals surface area contributed by atoms with E-state index in [1.807, 2.05) is 0 Å². The number of carbonyl (C=O) groups is 1. The van der Waals surface area contributed by atoms with E-state index >= 15 is 0 Å². The Hall–Kier alpha value is -1.51. The van der Waals surface area contributed by atoms with Gasteiger partial charge in [0, 0.05) is 0 Å². The second-order valence-electron chi connectivity index (χ2n) is 5.00. The van der Waals surface area contributed by atoms with Crippen molar-refractivity contribution < 1.29 is 14.6 Å². The zero-order chi connectivity index (χ0) is 12.2. The molecule has 1 aromatic carbocycles. The summed E-state index contributed by atoms with van der Waals surface area (Å²) in [6.07, 6.45) is 1.55. The average Bonchev–Trinajstić information content (AvgIpc) is 2.18. The summed E-state index contributed by atoms with van der Waals surface area (Å²) >= 11 is 0. The first-order chi connectivity index (χ1) is 7.42. The van der Waals surface area contributed by atoms with Gasteiger partial charge in [-0.3, -0.25) is 4.79 Å².